The van der Waals surface area contributed by atoms with Gasteiger partial charge in [-0.15, -0.1) is 0 Å². The van der Waals surface area contributed by atoms with Crippen molar-refractivity contribution in [3.05, 3.63) is 53.5 Å². The van der Waals surface area contributed by atoms with E-state index in [9.17, 15) is 4.79 Å². The molecule has 2 aliphatic heterocycles. The van der Waals surface area contributed by atoms with Crippen LogP contribution < -0.4 is 10.3 Å². The molecule has 0 saturated heterocycles. The Morgan fingerprint density at radius 2 is 1.88 bits per heavy atom. The lowest BCUT2D eigenvalue weighted by atomic mass is 10.1. The first-order valence-electron chi connectivity index (χ1n) is 7.68. The number of imidazole rings is 1. The Bertz CT molecular complexity index is 893. The third-order valence-electron chi connectivity index (χ3n) is 4.53. The Morgan fingerprint density at radius 3 is 2.58 bits per heavy atom. The molecule has 1 amide bonds. The van der Waals surface area contributed by atoms with Crippen molar-refractivity contribution in [2.75, 3.05) is 24.4 Å². The standard InChI is InChI=1S/C17H18N6O/c1-10-5-7-12(8-6-10)13-9-23-14-15(18-17(23)20-19-13)21(3)11(2)22(4)16(14)24/h5-8H,2,9H2,1,3-4H3,(H,18,20). The van der Waals surface area contributed by atoms with Crippen molar-refractivity contribution < 1.29 is 4.79 Å². The SMILES string of the molecule is C=C1N(C)C(=O)c2c(nc3n2CC(c2ccc(C)cc2)=NN3)N1C. The van der Waals surface area contributed by atoms with E-state index in [0.29, 0.717) is 29.8 Å². The third kappa shape index (κ3) is 1.94. The highest BCUT2D eigenvalue weighted by atomic mass is 16.2. The van der Waals surface area contributed by atoms with Crippen LogP contribution in [-0.4, -0.2) is 40.2 Å². The van der Waals surface area contributed by atoms with Gasteiger partial charge < -0.3 is 4.90 Å². The van der Waals surface area contributed by atoms with E-state index >= 15 is 0 Å². The van der Waals surface area contributed by atoms with Gasteiger partial charge in [0.05, 0.1) is 12.3 Å². The summed E-state index contributed by atoms with van der Waals surface area (Å²) in [7, 11) is 3.57. The number of fused-ring (bicyclic) bond motifs is 3. The van der Waals surface area contributed by atoms with Crippen LogP contribution in [0.25, 0.3) is 0 Å². The molecule has 1 aromatic heterocycles. The van der Waals surface area contributed by atoms with E-state index in [1.807, 2.05) is 47.7 Å². The first-order valence-corrected chi connectivity index (χ1v) is 7.68. The molecule has 1 N–H and O–H groups in total. The summed E-state index contributed by atoms with van der Waals surface area (Å²) >= 11 is 0. The van der Waals surface area contributed by atoms with Crippen LogP contribution in [-0.2, 0) is 6.54 Å². The van der Waals surface area contributed by atoms with Crippen molar-refractivity contribution in [1.29, 1.82) is 0 Å². The number of benzene rings is 1. The minimum Gasteiger partial charge on any atom is -0.314 e. The van der Waals surface area contributed by atoms with E-state index in [4.69, 9.17) is 0 Å². The largest absolute Gasteiger partial charge is 0.314 e. The highest BCUT2D eigenvalue weighted by Gasteiger charge is 2.36. The number of anilines is 2. The van der Waals surface area contributed by atoms with E-state index in [2.05, 4.69) is 22.1 Å². The molecule has 0 aliphatic carbocycles. The molecule has 24 heavy (non-hydrogen) atoms. The molecule has 0 unspecified atom stereocenters. The molecule has 3 heterocycles. The average Bonchev–Trinajstić information content (AvgIpc) is 2.97. The van der Waals surface area contributed by atoms with E-state index in [1.165, 1.54) is 10.5 Å². The number of amides is 1. The van der Waals surface area contributed by atoms with Gasteiger partial charge >= 0.3 is 0 Å². The minimum atomic E-state index is -0.112. The lowest BCUT2D eigenvalue weighted by Gasteiger charge is -2.33. The third-order valence-corrected chi connectivity index (χ3v) is 4.53. The molecular weight excluding hydrogens is 304 g/mol. The number of hydrogen-bond donors (Lipinski definition) is 1. The molecule has 0 spiro atoms. The monoisotopic (exact) mass is 322 g/mol. The summed E-state index contributed by atoms with van der Waals surface area (Å²) in [6.07, 6.45) is 0. The quantitative estimate of drug-likeness (QED) is 0.872. The van der Waals surface area contributed by atoms with Crippen LogP contribution in [0.5, 0.6) is 0 Å². The van der Waals surface area contributed by atoms with Gasteiger partial charge in [0, 0.05) is 14.1 Å². The summed E-state index contributed by atoms with van der Waals surface area (Å²) < 4.78 is 1.87. The molecule has 7 heteroatoms. The molecule has 0 bridgehead atoms. The highest BCUT2D eigenvalue weighted by molar-refractivity contribution is 6.05. The number of hydrogen-bond acceptors (Lipinski definition) is 5. The molecule has 0 atom stereocenters. The van der Waals surface area contributed by atoms with Crippen molar-refractivity contribution in [2.45, 2.75) is 13.5 Å². The predicted molar refractivity (Wildman–Crippen MR) is 93.2 cm³/mol. The lowest BCUT2D eigenvalue weighted by Crippen LogP contribution is -2.41. The Morgan fingerprint density at radius 1 is 1.17 bits per heavy atom. The number of rotatable bonds is 1. The number of carbonyl (C=O) groups excluding carboxylic acids is 1. The van der Waals surface area contributed by atoms with E-state index in [1.54, 1.807) is 7.05 Å². The molecule has 1 aromatic carbocycles. The Kier molecular flexibility index (Phi) is 2.99. The van der Waals surface area contributed by atoms with Gasteiger partial charge in [0.25, 0.3) is 5.91 Å². The zero-order valence-corrected chi connectivity index (χ0v) is 13.9. The van der Waals surface area contributed by atoms with Crippen LogP contribution in [0.3, 0.4) is 0 Å². The molecule has 4 rings (SSSR count). The van der Waals surface area contributed by atoms with Crippen LogP contribution in [0.15, 0.2) is 41.8 Å². The number of nitrogens with zero attached hydrogens (tertiary/aromatic N) is 5. The van der Waals surface area contributed by atoms with E-state index < -0.39 is 0 Å². The summed E-state index contributed by atoms with van der Waals surface area (Å²) in [6.45, 7) is 6.48. The van der Waals surface area contributed by atoms with Gasteiger partial charge in [0.1, 0.15) is 5.82 Å². The van der Waals surface area contributed by atoms with Gasteiger partial charge in [0.2, 0.25) is 5.95 Å². The second kappa shape index (κ2) is 4.95. The second-order valence-corrected chi connectivity index (χ2v) is 6.07. The Hall–Kier alpha value is -3.09. The van der Waals surface area contributed by atoms with E-state index in [-0.39, 0.29) is 5.91 Å². The Balaban J connectivity index is 1.77. The number of aryl methyl sites for hydroxylation is 1. The van der Waals surface area contributed by atoms with Crippen molar-refractivity contribution in [3.63, 3.8) is 0 Å². The van der Waals surface area contributed by atoms with Gasteiger partial charge in [-0.05, 0) is 12.5 Å². The van der Waals surface area contributed by atoms with Crippen LogP contribution >= 0.6 is 0 Å². The first kappa shape index (κ1) is 14.5. The fourth-order valence-corrected chi connectivity index (χ4v) is 2.95. The fraction of sp³-hybridized carbons (Fsp3) is 0.235. The molecular formula is C17H18N6O. The maximum atomic E-state index is 12.7. The first-order chi connectivity index (χ1) is 11.5. The van der Waals surface area contributed by atoms with Gasteiger partial charge in [-0.1, -0.05) is 36.4 Å². The summed E-state index contributed by atoms with van der Waals surface area (Å²) in [5.41, 5.74) is 6.60. The van der Waals surface area contributed by atoms with Crippen LogP contribution in [0.1, 0.15) is 21.6 Å². The molecule has 0 fully saturated rings. The van der Waals surface area contributed by atoms with Crippen LogP contribution in [0, 0.1) is 6.92 Å². The normalized spacial score (nSPS) is 16.5. The summed E-state index contributed by atoms with van der Waals surface area (Å²) in [5, 5.41) is 4.42. The zero-order valence-electron chi connectivity index (χ0n) is 13.9. The molecule has 7 nitrogen and oxygen atoms in total. The smallest absolute Gasteiger partial charge is 0.279 e. The summed E-state index contributed by atoms with van der Waals surface area (Å²) in [5.74, 6) is 1.66. The number of carbonyl (C=O) groups is 1. The molecule has 2 aliphatic rings. The van der Waals surface area contributed by atoms with Crippen molar-refractivity contribution in [3.8, 4) is 0 Å². The summed E-state index contributed by atoms with van der Waals surface area (Å²) in [4.78, 5) is 20.6. The molecule has 122 valence electrons. The van der Waals surface area contributed by atoms with Gasteiger partial charge in [-0.3, -0.25) is 14.3 Å². The molecule has 0 saturated carbocycles. The van der Waals surface area contributed by atoms with Crippen LogP contribution in [0.2, 0.25) is 0 Å². The topological polar surface area (TPSA) is 65.8 Å². The number of hydrazone groups is 1. The van der Waals surface area contributed by atoms with Crippen molar-refractivity contribution in [1.82, 2.24) is 14.5 Å². The number of nitrogens with one attached hydrogen (secondary N) is 1. The maximum absolute atomic E-state index is 12.7. The van der Waals surface area contributed by atoms with Gasteiger partial charge in [0.15, 0.2) is 11.5 Å². The molecule has 0 radical (unpaired) electrons. The van der Waals surface area contributed by atoms with Crippen molar-refractivity contribution >= 4 is 23.4 Å². The van der Waals surface area contributed by atoms with Crippen molar-refractivity contribution in [2.24, 2.45) is 5.10 Å². The van der Waals surface area contributed by atoms with Crippen LogP contribution in [0.4, 0.5) is 11.8 Å². The highest BCUT2D eigenvalue weighted by Crippen LogP contribution is 2.33. The number of aromatic nitrogens is 2. The average molecular weight is 322 g/mol. The predicted octanol–water partition coefficient (Wildman–Crippen LogP) is 2.01. The van der Waals surface area contributed by atoms with Gasteiger partial charge in [-0.25, -0.2) is 5.43 Å². The summed E-state index contributed by atoms with van der Waals surface area (Å²) in [6, 6.07) is 8.17. The minimum absolute atomic E-state index is 0.112. The van der Waals surface area contributed by atoms with Gasteiger partial charge in [-0.2, -0.15) is 10.1 Å². The lowest BCUT2D eigenvalue weighted by molar-refractivity contribution is 0.0816. The second-order valence-electron chi connectivity index (χ2n) is 6.07. The maximum Gasteiger partial charge on any atom is 0.279 e. The Labute approximate surface area is 139 Å². The fourth-order valence-electron chi connectivity index (χ4n) is 2.95. The zero-order chi connectivity index (χ0) is 17.0. The van der Waals surface area contributed by atoms with E-state index in [0.717, 1.165) is 11.3 Å². The molecule has 2 aromatic rings.